The first-order chi connectivity index (χ1) is 9.06. The molecule has 2 aliphatic rings. The maximum atomic E-state index is 11.6. The lowest BCUT2D eigenvalue weighted by molar-refractivity contribution is -0.116. The van der Waals surface area contributed by atoms with Crippen LogP contribution in [-0.4, -0.2) is 43.5 Å². The van der Waals surface area contributed by atoms with Gasteiger partial charge in [-0.05, 0) is 26.1 Å². The van der Waals surface area contributed by atoms with Crippen molar-refractivity contribution >= 4 is 17.3 Å². The molecular weight excluding hydrogens is 240 g/mol. The molecule has 0 saturated carbocycles. The first kappa shape index (κ1) is 12.4. The van der Waals surface area contributed by atoms with Crippen LogP contribution in [0.4, 0.5) is 11.4 Å². The molecule has 0 aliphatic carbocycles. The van der Waals surface area contributed by atoms with E-state index in [-0.39, 0.29) is 5.91 Å². The summed E-state index contributed by atoms with van der Waals surface area (Å²) in [5.41, 5.74) is 8.75. The van der Waals surface area contributed by atoms with Crippen LogP contribution in [0.25, 0.3) is 0 Å². The Kier molecular flexibility index (Phi) is 2.95. The number of fused-ring (bicyclic) bond motifs is 1. The zero-order valence-electron chi connectivity index (χ0n) is 11.4. The summed E-state index contributed by atoms with van der Waals surface area (Å²) in [6, 6.07) is 6.04. The van der Waals surface area contributed by atoms with Crippen molar-refractivity contribution in [3.05, 3.63) is 23.8 Å². The fourth-order valence-electron chi connectivity index (χ4n) is 2.98. The van der Waals surface area contributed by atoms with Crippen LogP contribution in [-0.2, 0) is 4.79 Å². The van der Waals surface area contributed by atoms with Crippen molar-refractivity contribution in [3.8, 4) is 0 Å². The molecular formula is C14H20N4O. The van der Waals surface area contributed by atoms with E-state index in [1.54, 1.807) is 0 Å². The number of piperazine rings is 1. The minimum Gasteiger partial charge on any atom is -0.366 e. The lowest BCUT2D eigenvalue weighted by Gasteiger charge is -2.40. The zero-order chi connectivity index (χ0) is 13.6. The molecule has 0 radical (unpaired) electrons. The second-order valence-corrected chi connectivity index (χ2v) is 5.54. The maximum absolute atomic E-state index is 11.6. The molecule has 5 heteroatoms. The molecule has 0 aromatic heterocycles. The molecule has 2 atom stereocenters. The highest BCUT2D eigenvalue weighted by molar-refractivity contribution is 6.02. The fraction of sp³-hybridized carbons (Fsp3) is 0.500. The number of benzene rings is 1. The third-order valence-electron chi connectivity index (χ3n) is 4.07. The number of anilines is 2. The summed E-state index contributed by atoms with van der Waals surface area (Å²) in [6.45, 7) is 5.36. The summed E-state index contributed by atoms with van der Waals surface area (Å²) in [7, 11) is 2.15. The smallest absolute Gasteiger partial charge is 0.245 e. The highest BCUT2D eigenvalue weighted by atomic mass is 16.2. The van der Waals surface area contributed by atoms with E-state index in [1.807, 2.05) is 12.1 Å². The molecule has 1 saturated heterocycles. The summed E-state index contributed by atoms with van der Waals surface area (Å²) < 4.78 is 0. The van der Waals surface area contributed by atoms with Gasteiger partial charge in [-0.15, -0.1) is 0 Å². The highest BCUT2D eigenvalue weighted by Crippen LogP contribution is 2.33. The van der Waals surface area contributed by atoms with Gasteiger partial charge < -0.3 is 20.9 Å². The van der Waals surface area contributed by atoms with E-state index in [9.17, 15) is 4.79 Å². The first-order valence-electron chi connectivity index (χ1n) is 6.72. The molecule has 19 heavy (non-hydrogen) atoms. The summed E-state index contributed by atoms with van der Waals surface area (Å²) in [5, 5.41) is 2.85. The molecule has 0 bridgehead atoms. The lowest BCUT2D eigenvalue weighted by atomic mass is 10.1. The normalized spacial score (nSPS) is 27.3. The van der Waals surface area contributed by atoms with E-state index in [2.05, 4.69) is 35.2 Å². The molecule has 1 aromatic rings. The SMILES string of the molecule is CC1CN(C)CCN1c1ccc2c(c1)NC(=O)C2N. The molecule has 1 amide bonds. The Morgan fingerprint density at radius 2 is 2.16 bits per heavy atom. The molecule has 0 spiro atoms. The van der Waals surface area contributed by atoms with Crippen LogP contribution in [0.1, 0.15) is 18.5 Å². The summed E-state index contributed by atoms with van der Waals surface area (Å²) in [6.07, 6.45) is 0. The van der Waals surface area contributed by atoms with Gasteiger partial charge in [-0.1, -0.05) is 6.07 Å². The molecule has 2 heterocycles. The van der Waals surface area contributed by atoms with E-state index >= 15 is 0 Å². The molecule has 2 aliphatic heterocycles. The van der Waals surface area contributed by atoms with E-state index in [0.29, 0.717) is 6.04 Å². The van der Waals surface area contributed by atoms with E-state index < -0.39 is 6.04 Å². The van der Waals surface area contributed by atoms with Crippen molar-refractivity contribution in [1.82, 2.24) is 4.90 Å². The predicted octanol–water partition coefficient (Wildman–Crippen LogP) is 0.779. The maximum Gasteiger partial charge on any atom is 0.245 e. The van der Waals surface area contributed by atoms with Crippen molar-refractivity contribution in [3.63, 3.8) is 0 Å². The van der Waals surface area contributed by atoms with Crippen molar-refractivity contribution in [1.29, 1.82) is 0 Å². The third kappa shape index (κ3) is 2.09. The van der Waals surface area contributed by atoms with Crippen molar-refractivity contribution in [2.75, 3.05) is 36.9 Å². The number of nitrogens with one attached hydrogen (secondary N) is 1. The summed E-state index contributed by atoms with van der Waals surface area (Å²) >= 11 is 0. The minimum absolute atomic E-state index is 0.112. The van der Waals surface area contributed by atoms with Gasteiger partial charge in [-0.2, -0.15) is 0 Å². The standard InChI is InChI=1S/C14H20N4O/c1-9-8-17(2)5-6-18(9)10-3-4-11-12(7-10)16-14(19)13(11)15/h3-4,7,9,13H,5-6,8,15H2,1-2H3,(H,16,19). The first-order valence-corrected chi connectivity index (χ1v) is 6.72. The Labute approximate surface area is 113 Å². The summed E-state index contributed by atoms with van der Waals surface area (Å²) in [5.74, 6) is -0.112. The van der Waals surface area contributed by atoms with Crippen molar-refractivity contribution < 1.29 is 4.79 Å². The van der Waals surface area contributed by atoms with Gasteiger partial charge in [-0.25, -0.2) is 0 Å². The van der Waals surface area contributed by atoms with Gasteiger partial charge in [0.2, 0.25) is 5.91 Å². The minimum atomic E-state index is -0.519. The van der Waals surface area contributed by atoms with Crippen LogP contribution < -0.4 is 16.0 Å². The number of hydrogen-bond donors (Lipinski definition) is 2. The number of likely N-dealkylation sites (N-methyl/N-ethyl adjacent to an activating group) is 1. The van der Waals surface area contributed by atoms with Gasteiger partial charge in [0.25, 0.3) is 0 Å². The van der Waals surface area contributed by atoms with Gasteiger partial charge in [-0.3, -0.25) is 4.79 Å². The Bertz CT molecular complexity index is 516. The predicted molar refractivity (Wildman–Crippen MR) is 76.3 cm³/mol. The monoisotopic (exact) mass is 260 g/mol. The fourth-order valence-corrected chi connectivity index (χ4v) is 2.98. The van der Waals surface area contributed by atoms with Gasteiger partial charge >= 0.3 is 0 Å². The largest absolute Gasteiger partial charge is 0.366 e. The molecule has 2 unspecified atom stereocenters. The Morgan fingerprint density at radius 1 is 1.37 bits per heavy atom. The van der Waals surface area contributed by atoms with E-state index in [1.165, 1.54) is 0 Å². The van der Waals surface area contributed by atoms with E-state index in [0.717, 1.165) is 36.6 Å². The van der Waals surface area contributed by atoms with Crippen LogP contribution in [0.5, 0.6) is 0 Å². The quantitative estimate of drug-likeness (QED) is 0.783. The zero-order valence-corrected chi connectivity index (χ0v) is 11.4. The van der Waals surface area contributed by atoms with Gasteiger partial charge in [0.05, 0.1) is 0 Å². The number of carbonyl (C=O) groups is 1. The molecule has 3 N–H and O–H groups in total. The van der Waals surface area contributed by atoms with Crippen LogP contribution in [0.2, 0.25) is 0 Å². The number of nitrogens with zero attached hydrogens (tertiary/aromatic N) is 2. The van der Waals surface area contributed by atoms with Crippen molar-refractivity contribution in [2.24, 2.45) is 5.73 Å². The lowest BCUT2D eigenvalue weighted by Crippen LogP contribution is -2.50. The molecule has 1 aromatic carbocycles. The van der Waals surface area contributed by atoms with Gasteiger partial charge in [0.1, 0.15) is 6.04 Å². The number of hydrogen-bond acceptors (Lipinski definition) is 4. The number of rotatable bonds is 1. The van der Waals surface area contributed by atoms with Crippen molar-refractivity contribution in [2.45, 2.75) is 19.0 Å². The van der Waals surface area contributed by atoms with Crippen LogP contribution in [0, 0.1) is 0 Å². The van der Waals surface area contributed by atoms with Gasteiger partial charge in [0, 0.05) is 42.6 Å². The Morgan fingerprint density at radius 3 is 2.89 bits per heavy atom. The third-order valence-corrected chi connectivity index (χ3v) is 4.07. The number of amides is 1. The molecule has 5 nitrogen and oxygen atoms in total. The van der Waals surface area contributed by atoms with Crippen LogP contribution in [0.3, 0.4) is 0 Å². The Hall–Kier alpha value is -1.59. The highest BCUT2D eigenvalue weighted by Gasteiger charge is 2.28. The molecule has 3 rings (SSSR count). The second kappa shape index (κ2) is 4.51. The van der Waals surface area contributed by atoms with Gasteiger partial charge in [0.15, 0.2) is 0 Å². The average molecular weight is 260 g/mol. The Balaban J connectivity index is 1.87. The van der Waals surface area contributed by atoms with Crippen LogP contribution in [0.15, 0.2) is 18.2 Å². The molecule has 1 fully saturated rings. The number of nitrogens with two attached hydrogens (primary N) is 1. The topological polar surface area (TPSA) is 61.6 Å². The average Bonchev–Trinajstić information content (AvgIpc) is 2.64. The number of carbonyl (C=O) groups excluding carboxylic acids is 1. The second-order valence-electron chi connectivity index (χ2n) is 5.54. The van der Waals surface area contributed by atoms with E-state index in [4.69, 9.17) is 5.73 Å². The summed E-state index contributed by atoms with van der Waals surface area (Å²) in [4.78, 5) is 16.3. The van der Waals surface area contributed by atoms with Crippen LogP contribution >= 0.6 is 0 Å². The molecule has 102 valence electrons.